The van der Waals surface area contributed by atoms with Crippen molar-refractivity contribution in [3.05, 3.63) is 5.28 Å². The van der Waals surface area contributed by atoms with Crippen molar-refractivity contribution in [2.75, 3.05) is 37.4 Å². The van der Waals surface area contributed by atoms with Crippen LogP contribution in [0.4, 0.5) is 11.9 Å². The van der Waals surface area contributed by atoms with E-state index in [0.717, 1.165) is 13.0 Å². The molecule has 2 N–H and O–H groups in total. The molecule has 0 amide bonds. The van der Waals surface area contributed by atoms with Crippen molar-refractivity contribution in [3.63, 3.8) is 0 Å². The molecule has 90 valence electrons. The predicted octanol–water partition coefficient (Wildman–Crippen LogP) is 1.41. The molecule has 0 radical (unpaired) electrons. The highest BCUT2D eigenvalue weighted by Gasteiger charge is 2.03. The first kappa shape index (κ1) is 12.9. The second-order valence-electron chi connectivity index (χ2n) is 3.10. The Labute approximate surface area is 99.8 Å². The Hall–Kier alpha value is -1.14. The minimum Gasteiger partial charge on any atom is -0.383 e. The highest BCUT2D eigenvalue weighted by Crippen LogP contribution is 2.09. The highest BCUT2D eigenvalue weighted by molar-refractivity contribution is 6.28. The van der Waals surface area contributed by atoms with Gasteiger partial charge in [-0.05, 0) is 18.0 Å². The van der Waals surface area contributed by atoms with Gasteiger partial charge in [-0.25, -0.2) is 0 Å². The number of anilines is 2. The van der Waals surface area contributed by atoms with E-state index < -0.39 is 0 Å². The Bertz CT molecular complexity index is 323. The number of halogens is 1. The van der Waals surface area contributed by atoms with E-state index in [-0.39, 0.29) is 5.28 Å². The molecule has 0 aromatic carbocycles. The van der Waals surface area contributed by atoms with Crippen LogP contribution in [0.15, 0.2) is 0 Å². The van der Waals surface area contributed by atoms with Gasteiger partial charge in [0.2, 0.25) is 17.2 Å². The van der Waals surface area contributed by atoms with Gasteiger partial charge >= 0.3 is 0 Å². The van der Waals surface area contributed by atoms with Crippen molar-refractivity contribution in [1.29, 1.82) is 0 Å². The van der Waals surface area contributed by atoms with Gasteiger partial charge in [-0.15, -0.1) is 0 Å². The molecule has 0 saturated carbocycles. The summed E-state index contributed by atoms with van der Waals surface area (Å²) in [6, 6.07) is 0. The van der Waals surface area contributed by atoms with E-state index in [0.29, 0.717) is 25.0 Å². The standard InChI is InChI=1S/C9H16ClN5O/c1-3-4-11-8-13-7(10)14-9(15-8)12-5-6-16-2/h3-6H2,1-2H3,(H2,11,12,13,14,15). The second-order valence-corrected chi connectivity index (χ2v) is 3.44. The zero-order valence-corrected chi connectivity index (χ0v) is 10.2. The molecule has 0 atom stereocenters. The van der Waals surface area contributed by atoms with Gasteiger partial charge in [-0.3, -0.25) is 0 Å². The van der Waals surface area contributed by atoms with Gasteiger partial charge in [0.1, 0.15) is 0 Å². The van der Waals surface area contributed by atoms with Gasteiger partial charge in [0.05, 0.1) is 6.61 Å². The third-order valence-corrected chi connectivity index (χ3v) is 1.90. The molecule has 16 heavy (non-hydrogen) atoms. The van der Waals surface area contributed by atoms with E-state index >= 15 is 0 Å². The SMILES string of the molecule is CCCNc1nc(Cl)nc(NCCOC)n1. The van der Waals surface area contributed by atoms with Crippen LogP contribution in [0.3, 0.4) is 0 Å². The maximum atomic E-state index is 5.77. The molecule has 0 bridgehead atoms. The average Bonchev–Trinajstić information content (AvgIpc) is 2.26. The second kappa shape index (κ2) is 7.19. The van der Waals surface area contributed by atoms with E-state index in [4.69, 9.17) is 16.3 Å². The lowest BCUT2D eigenvalue weighted by Crippen LogP contribution is -2.13. The molecule has 6 nitrogen and oxygen atoms in total. The van der Waals surface area contributed by atoms with Crippen LogP contribution in [0, 0.1) is 0 Å². The van der Waals surface area contributed by atoms with Crippen LogP contribution in [-0.2, 0) is 4.74 Å². The number of ether oxygens (including phenoxy) is 1. The fourth-order valence-corrected chi connectivity index (χ4v) is 1.17. The average molecular weight is 246 g/mol. The first-order valence-corrected chi connectivity index (χ1v) is 5.52. The molecule has 1 heterocycles. The molecule has 0 saturated heterocycles. The summed E-state index contributed by atoms with van der Waals surface area (Å²) >= 11 is 5.77. The van der Waals surface area contributed by atoms with Crippen LogP contribution in [-0.4, -0.2) is 41.8 Å². The zero-order chi connectivity index (χ0) is 11.8. The van der Waals surface area contributed by atoms with Crippen LogP contribution in [0.2, 0.25) is 5.28 Å². The van der Waals surface area contributed by atoms with Crippen molar-refractivity contribution in [2.24, 2.45) is 0 Å². The van der Waals surface area contributed by atoms with Crippen molar-refractivity contribution in [2.45, 2.75) is 13.3 Å². The monoisotopic (exact) mass is 245 g/mol. The van der Waals surface area contributed by atoms with Crippen LogP contribution in [0.1, 0.15) is 13.3 Å². The normalized spacial score (nSPS) is 10.2. The highest BCUT2D eigenvalue weighted by atomic mass is 35.5. The van der Waals surface area contributed by atoms with E-state index in [1.165, 1.54) is 0 Å². The molecule has 0 spiro atoms. The first-order chi connectivity index (χ1) is 7.76. The molecular formula is C9H16ClN5O. The summed E-state index contributed by atoms with van der Waals surface area (Å²) in [7, 11) is 1.64. The number of nitrogens with one attached hydrogen (secondary N) is 2. The topological polar surface area (TPSA) is 72.0 Å². The van der Waals surface area contributed by atoms with Gasteiger partial charge in [0.25, 0.3) is 0 Å². The molecule has 1 rings (SSSR count). The summed E-state index contributed by atoms with van der Waals surface area (Å²) in [5.41, 5.74) is 0. The summed E-state index contributed by atoms with van der Waals surface area (Å²) in [4.78, 5) is 12.1. The molecule has 0 aliphatic rings. The van der Waals surface area contributed by atoms with Crippen LogP contribution in [0.5, 0.6) is 0 Å². The number of nitrogens with zero attached hydrogens (tertiary/aromatic N) is 3. The lowest BCUT2D eigenvalue weighted by atomic mass is 10.5. The fraction of sp³-hybridized carbons (Fsp3) is 0.667. The number of rotatable bonds is 7. The van der Waals surface area contributed by atoms with Crippen molar-refractivity contribution >= 4 is 23.5 Å². The number of hydrogen-bond acceptors (Lipinski definition) is 6. The number of methoxy groups -OCH3 is 1. The summed E-state index contributed by atoms with van der Waals surface area (Å²) in [5.74, 6) is 0.942. The molecule has 0 fully saturated rings. The maximum Gasteiger partial charge on any atom is 0.228 e. The lowest BCUT2D eigenvalue weighted by molar-refractivity contribution is 0.210. The van der Waals surface area contributed by atoms with Crippen molar-refractivity contribution in [3.8, 4) is 0 Å². The molecule has 0 aliphatic heterocycles. The fourth-order valence-electron chi connectivity index (χ4n) is 1.01. The molecule has 1 aromatic rings. The Morgan fingerprint density at radius 3 is 2.31 bits per heavy atom. The van der Waals surface area contributed by atoms with Crippen molar-refractivity contribution in [1.82, 2.24) is 15.0 Å². The summed E-state index contributed by atoms with van der Waals surface area (Å²) in [5, 5.41) is 6.21. The zero-order valence-electron chi connectivity index (χ0n) is 9.46. The minimum atomic E-state index is 0.175. The number of aromatic nitrogens is 3. The van der Waals surface area contributed by atoms with Crippen LogP contribution < -0.4 is 10.6 Å². The molecule has 7 heteroatoms. The molecule has 0 unspecified atom stereocenters. The van der Waals surface area contributed by atoms with Crippen LogP contribution in [0.25, 0.3) is 0 Å². The molecule has 0 aliphatic carbocycles. The first-order valence-electron chi connectivity index (χ1n) is 5.14. The van der Waals surface area contributed by atoms with E-state index in [1.807, 2.05) is 0 Å². The van der Waals surface area contributed by atoms with Crippen molar-refractivity contribution < 1.29 is 4.74 Å². The Kier molecular flexibility index (Phi) is 5.81. The van der Waals surface area contributed by atoms with Gasteiger partial charge in [0, 0.05) is 20.2 Å². The smallest absolute Gasteiger partial charge is 0.228 e. The Morgan fingerprint density at radius 1 is 1.12 bits per heavy atom. The van der Waals surface area contributed by atoms with E-state index in [9.17, 15) is 0 Å². The predicted molar refractivity (Wildman–Crippen MR) is 64.0 cm³/mol. The maximum absolute atomic E-state index is 5.77. The Morgan fingerprint density at radius 2 is 1.75 bits per heavy atom. The largest absolute Gasteiger partial charge is 0.383 e. The Balaban J connectivity index is 2.58. The summed E-state index contributed by atoms with van der Waals surface area (Å²) in [6.45, 7) is 4.08. The van der Waals surface area contributed by atoms with Gasteiger partial charge in [0.15, 0.2) is 0 Å². The van der Waals surface area contributed by atoms with Gasteiger partial charge in [-0.2, -0.15) is 15.0 Å². The lowest BCUT2D eigenvalue weighted by Gasteiger charge is -2.07. The number of hydrogen-bond donors (Lipinski definition) is 2. The van der Waals surface area contributed by atoms with E-state index in [2.05, 4.69) is 32.5 Å². The van der Waals surface area contributed by atoms with Gasteiger partial charge in [-0.1, -0.05) is 6.92 Å². The quantitative estimate of drug-likeness (QED) is 0.708. The molecular weight excluding hydrogens is 230 g/mol. The third kappa shape index (κ3) is 4.59. The molecule has 1 aromatic heterocycles. The van der Waals surface area contributed by atoms with Crippen LogP contribution >= 0.6 is 11.6 Å². The summed E-state index contributed by atoms with van der Waals surface area (Å²) < 4.78 is 4.91. The van der Waals surface area contributed by atoms with Gasteiger partial charge < -0.3 is 15.4 Å². The third-order valence-electron chi connectivity index (χ3n) is 1.73. The summed E-state index contributed by atoms with van der Waals surface area (Å²) in [6.07, 6.45) is 0.996. The van der Waals surface area contributed by atoms with E-state index in [1.54, 1.807) is 7.11 Å². The minimum absolute atomic E-state index is 0.175.